The van der Waals surface area contributed by atoms with Crippen LogP contribution >= 0.6 is 0 Å². The highest BCUT2D eigenvalue weighted by atomic mass is 16.5. The Kier molecular flexibility index (Phi) is 4.83. The monoisotopic (exact) mass is 240 g/mol. The summed E-state index contributed by atoms with van der Waals surface area (Å²) in [6.45, 7) is 7.60. The highest BCUT2D eigenvalue weighted by Crippen LogP contribution is 2.28. The number of hydrogen-bond donors (Lipinski definition) is 1. The lowest BCUT2D eigenvalue weighted by molar-refractivity contribution is 0.00251. The van der Waals surface area contributed by atoms with Crippen LogP contribution in [0.1, 0.15) is 46.0 Å². The van der Waals surface area contributed by atoms with Gasteiger partial charge in [0, 0.05) is 19.1 Å². The average Bonchev–Trinajstić information content (AvgIpc) is 2.74. The third-order valence-corrected chi connectivity index (χ3v) is 4.56. The molecule has 2 heterocycles. The zero-order valence-electron chi connectivity index (χ0n) is 11.4. The Morgan fingerprint density at radius 1 is 1.29 bits per heavy atom. The van der Waals surface area contributed by atoms with E-state index in [1.165, 1.54) is 38.6 Å². The third kappa shape index (κ3) is 3.21. The van der Waals surface area contributed by atoms with E-state index in [2.05, 4.69) is 18.7 Å². The van der Waals surface area contributed by atoms with Crippen LogP contribution in [0.5, 0.6) is 0 Å². The van der Waals surface area contributed by atoms with Gasteiger partial charge in [-0.15, -0.1) is 0 Å². The molecule has 0 aromatic carbocycles. The van der Waals surface area contributed by atoms with Crippen LogP contribution in [0.25, 0.3) is 0 Å². The molecule has 4 unspecified atom stereocenters. The highest BCUT2D eigenvalue weighted by molar-refractivity contribution is 4.86. The highest BCUT2D eigenvalue weighted by Gasteiger charge is 2.32. The van der Waals surface area contributed by atoms with E-state index in [0.29, 0.717) is 18.2 Å². The number of piperidine rings is 1. The zero-order chi connectivity index (χ0) is 12.3. The van der Waals surface area contributed by atoms with E-state index < -0.39 is 0 Å². The lowest BCUT2D eigenvalue weighted by Crippen LogP contribution is -2.51. The van der Waals surface area contributed by atoms with Crippen molar-refractivity contribution < 1.29 is 4.74 Å². The molecule has 0 aliphatic carbocycles. The topological polar surface area (TPSA) is 38.5 Å². The molecule has 2 fully saturated rings. The van der Waals surface area contributed by atoms with Gasteiger partial charge in [-0.3, -0.25) is 4.90 Å². The molecule has 2 saturated heterocycles. The van der Waals surface area contributed by atoms with Gasteiger partial charge in [0.1, 0.15) is 0 Å². The minimum absolute atomic E-state index is 0.453. The van der Waals surface area contributed by atoms with E-state index in [1.54, 1.807) is 0 Å². The first-order chi connectivity index (χ1) is 8.24. The van der Waals surface area contributed by atoms with Crippen molar-refractivity contribution in [3.63, 3.8) is 0 Å². The predicted molar refractivity (Wildman–Crippen MR) is 71.0 cm³/mol. The number of rotatable bonds is 4. The smallest absolute Gasteiger partial charge is 0.0706 e. The van der Waals surface area contributed by atoms with E-state index >= 15 is 0 Å². The van der Waals surface area contributed by atoms with Gasteiger partial charge in [0.2, 0.25) is 0 Å². The lowest BCUT2D eigenvalue weighted by atomic mass is 9.87. The summed E-state index contributed by atoms with van der Waals surface area (Å²) in [7, 11) is 0. The minimum Gasteiger partial charge on any atom is -0.374 e. The van der Waals surface area contributed by atoms with Gasteiger partial charge >= 0.3 is 0 Å². The molecule has 2 N–H and O–H groups in total. The largest absolute Gasteiger partial charge is 0.374 e. The first kappa shape index (κ1) is 13.3. The molecule has 17 heavy (non-hydrogen) atoms. The molecule has 100 valence electrons. The predicted octanol–water partition coefficient (Wildman–Crippen LogP) is 2.00. The van der Waals surface area contributed by atoms with Crippen molar-refractivity contribution in [2.45, 2.75) is 64.2 Å². The number of nitrogens with zero attached hydrogens (tertiary/aromatic N) is 1. The van der Waals surface area contributed by atoms with Gasteiger partial charge in [-0.05, 0) is 45.1 Å². The molecule has 0 aromatic heterocycles. The standard InChI is InChI=1S/C14H28N2O/c1-3-12-5-4-8-16(14(12)9-15)10-13-7-6-11(2)17-13/h11-14H,3-10,15H2,1-2H3. The lowest BCUT2D eigenvalue weighted by Gasteiger charge is -2.41. The molecule has 0 radical (unpaired) electrons. The number of hydrogen-bond acceptors (Lipinski definition) is 3. The van der Waals surface area contributed by atoms with Gasteiger partial charge in [-0.25, -0.2) is 0 Å². The molecule has 2 aliphatic rings. The van der Waals surface area contributed by atoms with Crippen LogP contribution in [0.4, 0.5) is 0 Å². The van der Waals surface area contributed by atoms with Crippen LogP contribution in [-0.2, 0) is 4.74 Å². The summed E-state index contributed by atoms with van der Waals surface area (Å²) in [5.41, 5.74) is 5.98. The molecule has 0 saturated carbocycles. The van der Waals surface area contributed by atoms with Crippen molar-refractivity contribution in [1.82, 2.24) is 4.90 Å². The van der Waals surface area contributed by atoms with Gasteiger partial charge in [0.15, 0.2) is 0 Å². The molecule has 0 amide bonds. The summed E-state index contributed by atoms with van der Waals surface area (Å²) in [4.78, 5) is 2.60. The van der Waals surface area contributed by atoms with Crippen LogP contribution in [-0.4, -0.2) is 42.8 Å². The Morgan fingerprint density at radius 2 is 2.12 bits per heavy atom. The van der Waals surface area contributed by atoms with E-state index in [9.17, 15) is 0 Å². The molecule has 0 spiro atoms. The maximum atomic E-state index is 5.98. The summed E-state index contributed by atoms with van der Waals surface area (Å²) >= 11 is 0. The molecule has 3 nitrogen and oxygen atoms in total. The SMILES string of the molecule is CCC1CCCN(CC2CCC(C)O2)C1CN. The van der Waals surface area contributed by atoms with E-state index in [1.807, 2.05) is 0 Å². The van der Waals surface area contributed by atoms with E-state index in [4.69, 9.17) is 10.5 Å². The number of nitrogens with two attached hydrogens (primary N) is 1. The van der Waals surface area contributed by atoms with Crippen molar-refractivity contribution >= 4 is 0 Å². The Bertz CT molecular complexity index is 234. The van der Waals surface area contributed by atoms with Gasteiger partial charge in [0.05, 0.1) is 12.2 Å². The second-order valence-electron chi connectivity index (χ2n) is 5.75. The summed E-state index contributed by atoms with van der Waals surface area (Å²) < 4.78 is 5.94. The fourth-order valence-corrected chi connectivity index (χ4v) is 3.54. The molecule has 2 rings (SSSR count). The Balaban J connectivity index is 1.89. The fourth-order valence-electron chi connectivity index (χ4n) is 3.54. The third-order valence-electron chi connectivity index (χ3n) is 4.56. The minimum atomic E-state index is 0.453. The summed E-state index contributed by atoms with van der Waals surface area (Å²) in [6, 6.07) is 0.591. The molecule has 2 aliphatic heterocycles. The van der Waals surface area contributed by atoms with Gasteiger partial charge in [-0.2, -0.15) is 0 Å². The van der Waals surface area contributed by atoms with Crippen molar-refractivity contribution in [1.29, 1.82) is 0 Å². The second kappa shape index (κ2) is 6.17. The van der Waals surface area contributed by atoms with Crippen molar-refractivity contribution in [3.05, 3.63) is 0 Å². The fraction of sp³-hybridized carbons (Fsp3) is 1.00. The maximum Gasteiger partial charge on any atom is 0.0706 e. The first-order valence-corrected chi connectivity index (χ1v) is 7.34. The van der Waals surface area contributed by atoms with Gasteiger partial charge < -0.3 is 10.5 Å². The maximum absolute atomic E-state index is 5.98. The van der Waals surface area contributed by atoms with Crippen LogP contribution in [0.15, 0.2) is 0 Å². The zero-order valence-corrected chi connectivity index (χ0v) is 11.4. The van der Waals surface area contributed by atoms with E-state index in [-0.39, 0.29) is 0 Å². The summed E-state index contributed by atoms with van der Waals surface area (Å²) in [6.07, 6.45) is 7.32. The van der Waals surface area contributed by atoms with E-state index in [0.717, 1.165) is 19.0 Å². The van der Waals surface area contributed by atoms with Crippen LogP contribution in [0, 0.1) is 5.92 Å². The molecular weight excluding hydrogens is 212 g/mol. The Morgan fingerprint density at radius 3 is 2.71 bits per heavy atom. The Hall–Kier alpha value is -0.120. The number of ether oxygens (including phenoxy) is 1. The quantitative estimate of drug-likeness (QED) is 0.817. The normalized spacial score (nSPS) is 39.7. The van der Waals surface area contributed by atoms with Crippen LogP contribution < -0.4 is 5.73 Å². The van der Waals surface area contributed by atoms with Gasteiger partial charge in [-0.1, -0.05) is 13.3 Å². The van der Waals surface area contributed by atoms with Crippen LogP contribution in [0.3, 0.4) is 0 Å². The molecule has 0 aromatic rings. The molecular formula is C14H28N2O. The second-order valence-corrected chi connectivity index (χ2v) is 5.75. The van der Waals surface area contributed by atoms with Crippen molar-refractivity contribution in [2.24, 2.45) is 11.7 Å². The average molecular weight is 240 g/mol. The van der Waals surface area contributed by atoms with Gasteiger partial charge in [0.25, 0.3) is 0 Å². The van der Waals surface area contributed by atoms with Crippen molar-refractivity contribution in [3.8, 4) is 0 Å². The van der Waals surface area contributed by atoms with Crippen LogP contribution in [0.2, 0.25) is 0 Å². The Labute approximate surface area is 106 Å². The molecule has 4 atom stereocenters. The first-order valence-electron chi connectivity index (χ1n) is 7.34. The van der Waals surface area contributed by atoms with Crippen molar-refractivity contribution in [2.75, 3.05) is 19.6 Å². The molecule has 3 heteroatoms. The summed E-state index contributed by atoms with van der Waals surface area (Å²) in [5.74, 6) is 0.799. The number of likely N-dealkylation sites (tertiary alicyclic amines) is 1. The summed E-state index contributed by atoms with van der Waals surface area (Å²) in [5, 5.41) is 0. The molecule has 0 bridgehead atoms.